The molecule has 1 heterocycles. The predicted molar refractivity (Wildman–Crippen MR) is 108 cm³/mol. The number of hydrogen-bond donors (Lipinski definition) is 1. The molecular formula is C23H22N2O. The second-order valence-corrected chi connectivity index (χ2v) is 7.62. The summed E-state index contributed by atoms with van der Waals surface area (Å²) < 4.78 is 6.00. The monoisotopic (exact) mass is 342 g/mol. The van der Waals surface area contributed by atoms with Gasteiger partial charge in [-0.3, -0.25) is 0 Å². The molecule has 3 aromatic carbocycles. The lowest BCUT2D eigenvalue weighted by Gasteiger charge is -2.18. The Morgan fingerprint density at radius 2 is 1.62 bits per heavy atom. The van der Waals surface area contributed by atoms with E-state index in [2.05, 4.69) is 45.0 Å². The molecule has 1 aromatic heterocycles. The van der Waals surface area contributed by atoms with Gasteiger partial charge in [0.25, 0.3) is 0 Å². The standard InChI is InChI=1S/C23H22N2O/c1-23(2,3)17-11-12-21-20(14-17)25-22(26-21)16-8-6-7-15(13-16)18-9-4-5-10-19(18)24/h4-14H,24H2,1-3H3. The van der Waals surface area contributed by atoms with E-state index in [0.717, 1.165) is 33.5 Å². The highest BCUT2D eigenvalue weighted by Crippen LogP contribution is 2.32. The molecule has 0 aliphatic rings. The summed E-state index contributed by atoms with van der Waals surface area (Å²) in [7, 11) is 0. The molecule has 0 aliphatic carbocycles. The third kappa shape index (κ3) is 2.97. The van der Waals surface area contributed by atoms with Gasteiger partial charge in [-0.15, -0.1) is 0 Å². The molecule has 0 fully saturated rings. The maximum Gasteiger partial charge on any atom is 0.227 e. The van der Waals surface area contributed by atoms with Crippen molar-refractivity contribution in [1.82, 2.24) is 4.98 Å². The van der Waals surface area contributed by atoms with Crippen LogP contribution in [0.2, 0.25) is 0 Å². The number of nitrogens with zero attached hydrogens (tertiary/aromatic N) is 1. The van der Waals surface area contributed by atoms with Crippen molar-refractivity contribution >= 4 is 16.8 Å². The van der Waals surface area contributed by atoms with Crippen molar-refractivity contribution in [3.8, 4) is 22.6 Å². The zero-order chi connectivity index (χ0) is 18.3. The van der Waals surface area contributed by atoms with E-state index < -0.39 is 0 Å². The summed E-state index contributed by atoms with van der Waals surface area (Å²) in [6.07, 6.45) is 0. The molecule has 0 bridgehead atoms. The van der Waals surface area contributed by atoms with Gasteiger partial charge >= 0.3 is 0 Å². The summed E-state index contributed by atoms with van der Waals surface area (Å²) in [5, 5.41) is 0. The largest absolute Gasteiger partial charge is 0.436 e. The van der Waals surface area contributed by atoms with E-state index in [4.69, 9.17) is 15.1 Å². The number of anilines is 1. The van der Waals surface area contributed by atoms with Crippen LogP contribution in [0.15, 0.2) is 71.1 Å². The van der Waals surface area contributed by atoms with Crippen LogP contribution in [-0.4, -0.2) is 4.98 Å². The number of nitrogens with two attached hydrogens (primary N) is 1. The number of hydrogen-bond acceptors (Lipinski definition) is 3. The molecule has 3 heteroatoms. The minimum atomic E-state index is 0.0814. The molecule has 4 rings (SSSR count). The minimum Gasteiger partial charge on any atom is -0.436 e. The van der Waals surface area contributed by atoms with Crippen molar-refractivity contribution in [3.05, 3.63) is 72.3 Å². The van der Waals surface area contributed by atoms with Gasteiger partial charge in [-0.05, 0) is 46.9 Å². The summed E-state index contributed by atoms with van der Waals surface area (Å²) in [4.78, 5) is 4.72. The number of fused-ring (bicyclic) bond motifs is 1. The van der Waals surface area contributed by atoms with Crippen LogP contribution in [0.1, 0.15) is 26.3 Å². The van der Waals surface area contributed by atoms with Gasteiger partial charge in [0.1, 0.15) is 5.52 Å². The second kappa shape index (κ2) is 6.03. The molecule has 4 aromatic rings. The summed E-state index contributed by atoms with van der Waals surface area (Å²) >= 11 is 0. The Kier molecular flexibility index (Phi) is 3.80. The molecule has 0 unspecified atom stereocenters. The highest BCUT2D eigenvalue weighted by molar-refractivity contribution is 5.81. The van der Waals surface area contributed by atoms with E-state index in [1.54, 1.807) is 0 Å². The first-order chi connectivity index (χ1) is 12.4. The van der Waals surface area contributed by atoms with Crippen LogP contribution in [0.5, 0.6) is 0 Å². The van der Waals surface area contributed by atoms with Crippen molar-refractivity contribution in [2.24, 2.45) is 0 Å². The molecule has 3 nitrogen and oxygen atoms in total. The van der Waals surface area contributed by atoms with Crippen molar-refractivity contribution in [1.29, 1.82) is 0 Å². The van der Waals surface area contributed by atoms with Crippen molar-refractivity contribution < 1.29 is 4.42 Å². The topological polar surface area (TPSA) is 52.0 Å². The Bertz CT molecular complexity index is 1090. The molecule has 0 aliphatic heterocycles. The third-order valence-corrected chi connectivity index (χ3v) is 4.63. The van der Waals surface area contributed by atoms with E-state index in [-0.39, 0.29) is 5.41 Å². The summed E-state index contributed by atoms with van der Waals surface area (Å²) in [5.41, 5.74) is 12.9. The van der Waals surface area contributed by atoms with Gasteiger partial charge in [0, 0.05) is 16.8 Å². The average Bonchev–Trinajstić information content (AvgIpc) is 3.05. The molecule has 0 spiro atoms. The molecule has 26 heavy (non-hydrogen) atoms. The smallest absolute Gasteiger partial charge is 0.227 e. The van der Waals surface area contributed by atoms with E-state index in [0.29, 0.717) is 5.89 Å². The fraction of sp³-hybridized carbons (Fsp3) is 0.174. The molecule has 0 saturated heterocycles. The van der Waals surface area contributed by atoms with Gasteiger partial charge in [-0.25, -0.2) is 4.98 Å². The van der Waals surface area contributed by atoms with Gasteiger partial charge in [0.15, 0.2) is 5.58 Å². The zero-order valence-corrected chi connectivity index (χ0v) is 15.3. The normalized spacial score (nSPS) is 11.8. The molecule has 0 saturated carbocycles. The van der Waals surface area contributed by atoms with Gasteiger partial charge in [-0.1, -0.05) is 57.2 Å². The Morgan fingerprint density at radius 1 is 0.846 bits per heavy atom. The first-order valence-corrected chi connectivity index (χ1v) is 8.78. The van der Waals surface area contributed by atoms with E-state index in [1.165, 1.54) is 5.56 Å². The van der Waals surface area contributed by atoms with Crippen LogP contribution < -0.4 is 5.73 Å². The highest BCUT2D eigenvalue weighted by atomic mass is 16.3. The van der Waals surface area contributed by atoms with Gasteiger partial charge in [0.2, 0.25) is 5.89 Å². The van der Waals surface area contributed by atoms with Crippen LogP contribution in [0.4, 0.5) is 5.69 Å². The first-order valence-electron chi connectivity index (χ1n) is 8.78. The second-order valence-electron chi connectivity index (χ2n) is 7.62. The van der Waals surface area contributed by atoms with Crippen molar-refractivity contribution in [3.63, 3.8) is 0 Å². The van der Waals surface area contributed by atoms with E-state index in [9.17, 15) is 0 Å². The molecule has 2 N–H and O–H groups in total. The number of benzene rings is 3. The fourth-order valence-electron chi connectivity index (χ4n) is 3.10. The SMILES string of the molecule is CC(C)(C)c1ccc2oc(-c3cccc(-c4ccccc4N)c3)nc2c1. The van der Waals surface area contributed by atoms with Crippen molar-refractivity contribution in [2.75, 3.05) is 5.73 Å². The minimum absolute atomic E-state index is 0.0814. The van der Waals surface area contributed by atoms with Crippen LogP contribution in [0.25, 0.3) is 33.7 Å². The lowest BCUT2D eigenvalue weighted by Crippen LogP contribution is -2.10. The number of rotatable bonds is 2. The van der Waals surface area contributed by atoms with Crippen LogP contribution in [0, 0.1) is 0 Å². The average molecular weight is 342 g/mol. The summed E-state index contributed by atoms with van der Waals surface area (Å²) in [6, 6.07) is 22.2. The van der Waals surface area contributed by atoms with E-state index in [1.807, 2.05) is 42.5 Å². The maximum atomic E-state index is 6.12. The van der Waals surface area contributed by atoms with Gasteiger partial charge < -0.3 is 10.2 Å². The van der Waals surface area contributed by atoms with Gasteiger partial charge in [0.05, 0.1) is 0 Å². The third-order valence-electron chi connectivity index (χ3n) is 4.63. The Hall–Kier alpha value is -3.07. The van der Waals surface area contributed by atoms with Crippen molar-refractivity contribution in [2.45, 2.75) is 26.2 Å². The quantitative estimate of drug-likeness (QED) is 0.452. The first kappa shape index (κ1) is 16.4. The van der Waals surface area contributed by atoms with E-state index >= 15 is 0 Å². The molecular weight excluding hydrogens is 320 g/mol. The van der Waals surface area contributed by atoms with Crippen LogP contribution in [0.3, 0.4) is 0 Å². The Labute approximate surface area is 153 Å². The van der Waals surface area contributed by atoms with Crippen LogP contribution >= 0.6 is 0 Å². The van der Waals surface area contributed by atoms with Gasteiger partial charge in [-0.2, -0.15) is 0 Å². The zero-order valence-electron chi connectivity index (χ0n) is 15.3. The number of oxazole rings is 1. The molecule has 130 valence electrons. The number of para-hydroxylation sites is 1. The highest BCUT2D eigenvalue weighted by Gasteiger charge is 2.16. The number of aromatic nitrogens is 1. The molecule has 0 radical (unpaired) electrons. The fourth-order valence-corrected chi connectivity index (χ4v) is 3.10. The maximum absolute atomic E-state index is 6.12. The lowest BCUT2D eigenvalue weighted by molar-refractivity contribution is 0.590. The number of nitrogen functional groups attached to an aromatic ring is 1. The Morgan fingerprint density at radius 3 is 2.38 bits per heavy atom. The molecule has 0 atom stereocenters. The van der Waals surface area contributed by atoms with Crippen LogP contribution in [-0.2, 0) is 5.41 Å². The molecule has 0 amide bonds. The predicted octanol–water partition coefficient (Wildman–Crippen LogP) is 6.04. The lowest BCUT2D eigenvalue weighted by atomic mass is 9.87. The Balaban J connectivity index is 1.78. The summed E-state index contributed by atoms with van der Waals surface area (Å²) in [6.45, 7) is 6.59. The summed E-state index contributed by atoms with van der Waals surface area (Å²) in [5.74, 6) is 0.627.